The van der Waals surface area contributed by atoms with Gasteiger partial charge >= 0.3 is 6.09 Å². The molecule has 0 aliphatic carbocycles. The van der Waals surface area contributed by atoms with Gasteiger partial charge in [0.1, 0.15) is 6.61 Å². The van der Waals surface area contributed by atoms with Crippen molar-refractivity contribution in [2.45, 2.75) is 70.2 Å². The summed E-state index contributed by atoms with van der Waals surface area (Å²) in [6.07, 6.45) is 7.77. The number of rotatable bonds is 10. The fourth-order valence-corrected chi connectivity index (χ4v) is 5.95. The average molecular weight is 585 g/mol. The molecule has 2 aliphatic rings. The number of ether oxygens (including phenoxy) is 3. The molecule has 0 spiro atoms. The van der Waals surface area contributed by atoms with E-state index in [4.69, 9.17) is 14.2 Å². The average Bonchev–Trinajstić information content (AvgIpc) is 3.04. The topological polar surface area (TPSA) is 80.3 Å². The molecule has 7 heteroatoms. The lowest BCUT2D eigenvalue weighted by atomic mass is 9.97. The standard InChI is InChI=1S/C36H44N2O5/c1-2-22-41-36(40)37-24-31-10-6-7-11-33(31)28-16-18-30(19-17-28)35-42-32(25-38-20-8-4-3-5-9-21-38)23-34(43-35)29-14-12-27(26-39)13-15-29/h2,6-7,10-19,32,34-35,39H,1,3-5,8-9,20-26H2,(H,37,40)/t32-,34+,35+/m1/s1. The Morgan fingerprint density at radius 3 is 2.35 bits per heavy atom. The smallest absolute Gasteiger partial charge is 0.407 e. The van der Waals surface area contributed by atoms with Crippen LogP contribution in [0.2, 0.25) is 0 Å². The second-order valence-electron chi connectivity index (χ2n) is 11.4. The number of aliphatic hydroxyl groups is 1. The van der Waals surface area contributed by atoms with E-state index in [1.54, 1.807) is 6.08 Å². The molecule has 3 atom stereocenters. The van der Waals surface area contributed by atoms with E-state index in [2.05, 4.69) is 59.3 Å². The summed E-state index contributed by atoms with van der Waals surface area (Å²) in [5.74, 6) is 0. The Bertz CT molecular complexity index is 1300. The van der Waals surface area contributed by atoms with Gasteiger partial charge in [-0.2, -0.15) is 0 Å². The monoisotopic (exact) mass is 584 g/mol. The van der Waals surface area contributed by atoms with Crippen molar-refractivity contribution in [2.75, 3.05) is 26.2 Å². The van der Waals surface area contributed by atoms with Crippen molar-refractivity contribution in [3.05, 3.63) is 108 Å². The fraction of sp³-hybridized carbons (Fsp3) is 0.417. The van der Waals surface area contributed by atoms with Crippen LogP contribution in [0, 0.1) is 0 Å². The van der Waals surface area contributed by atoms with Gasteiger partial charge in [0.15, 0.2) is 6.29 Å². The largest absolute Gasteiger partial charge is 0.445 e. The first-order chi connectivity index (χ1) is 21.1. The lowest BCUT2D eigenvalue weighted by molar-refractivity contribution is -0.253. The number of likely N-dealkylation sites (tertiary alicyclic amines) is 1. The molecular weight excluding hydrogens is 540 g/mol. The zero-order chi connectivity index (χ0) is 29.9. The molecule has 228 valence electrons. The normalized spacial score (nSPS) is 21.4. The van der Waals surface area contributed by atoms with Crippen LogP contribution in [0.25, 0.3) is 11.1 Å². The Balaban J connectivity index is 1.32. The van der Waals surface area contributed by atoms with Gasteiger partial charge in [0.05, 0.1) is 18.8 Å². The summed E-state index contributed by atoms with van der Waals surface area (Å²) in [5, 5.41) is 12.3. The van der Waals surface area contributed by atoms with E-state index in [1.165, 1.54) is 32.1 Å². The maximum absolute atomic E-state index is 12.0. The Hall–Kier alpha value is -3.49. The van der Waals surface area contributed by atoms with Crippen molar-refractivity contribution in [3.8, 4) is 11.1 Å². The third kappa shape index (κ3) is 8.77. The van der Waals surface area contributed by atoms with Crippen LogP contribution in [0.1, 0.15) is 73.2 Å². The second kappa shape index (κ2) is 15.8. The molecule has 0 saturated carbocycles. The summed E-state index contributed by atoms with van der Waals surface area (Å²) < 4.78 is 18.3. The van der Waals surface area contributed by atoms with Crippen LogP contribution >= 0.6 is 0 Å². The molecule has 3 aromatic carbocycles. The highest BCUT2D eigenvalue weighted by Gasteiger charge is 2.33. The van der Waals surface area contributed by atoms with E-state index >= 15 is 0 Å². The number of alkyl carbamates (subject to hydrolysis) is 1. The fourth-order valence-electron chi connectivity index (χ4n) is 5.95. The Kier molecular flexibility index (Phi) is 11.4. The molecule has 0 unspecified atom stereocenters. The van der Waals surface area contributed by atoms with Gasteiger partial charge in [0, 0.05) is 25.1 Å². The van der Waals surface area contributed by atoms with E-state index < -0.39 is 12.4 Å². The van der Waals surface area contributed by atoms with Crippen LogP contribution in [0.4, 0.5) is 4.79 Å². The number of carbonyl (C=O) groups excluding carboxylic acids is 1. The molecular formula is C36H44N2O5. The zero-order valence-electron chi connectivity index (χ0n) is 25.0. The van der Waals surface area contributed by atoms with Crippen LogP contribution in [0.15, 0.2) is 85.5 Å². The Morgan fingerprint density at radius 2 is 1.63 bits per heavy atom. The van der Waals surface area contributed by atoms with Gasteiger partial charge in [-0.25, -0.2) is 4.79 Å². The number of hydrogen-bond donors (Lipinski definition) is 2. The lowest BCUT2D eigenvalue weighted by Gasteiger charge is -2.39. The molecule has 5 rings (SSSR count). The molecule has 2 N–H and O–H groups in total. The Morgan fingerprint density at radius 1 is 0.930 bits per heavy atom. The van der Waals surface area contributed by atoms with E-state index in [1.807, 2.05) is 30.3 Å². The number of benzene rings is 3. The summed E-state index contributed by atoms with van der Waals surface area (Å²) in [6.45, 7) is 7.28. The molecule has 2 heterocycles. The molecule has 0 aromatic heterocycles. The minimum absolute atomic E-state index is 0.0278. The van der Waals surface area contributed by atoms with Crippen LogP contribution in [0.5, 0.6) is 0 Å². The zero-order valence-corrected chi connectivity index (χ0v) is 25.0. The van der Waals surface area contributed by atoms with Crippen molar-refractivity contribution in [3.63, 3.8) is 0 Å². The molecule has 7 nitrogen and oxygen atoms in total. The van der Waals surface area contributed by atoms with Gasteiger partial charge < -0.3 is 29.5 Å². The summed E-state index contributed by atoms with van der Waals surface area (Å²) >= 11 is 0. The highest BCUT2D eigenvalue weighted by atomic mass is 16.7. The minimum atomic E-state index is -0.485. The number of nitrogens with one attached hydrogen (secondary N) is 1. The quantitative estimate of drug-likeness (QED) is 0.248. The molecule has 1 amide bonds. The first-order valence-corrected chi connectivity index (χ1v) is 15.6. The first kappa shape index (κ1) is 31.0. The number of carbonyl (C=O) groups is 1. The predicted octanol–water partition coefficient (Wildman–Crippen LogP) is 7.07. The molecule has 0 bridgehead atoms. The van der Waals surface area contributed by atoms with Gasteiger partial charge in [-0.1, -0.05) is 105 Å². The van der Waals surface area contributed by atoms with E-state index in [0.717, 1.165) is 59.4 Å². The summed E-state index contributed by atoms with van der Waals surface area (Å²) in [5.41, 5.74) is 6.06. The molecule has 2 aliphatic heterocycles. The van der Waals surface area contributed by atoms with Gasteiger partial charge in [0.2, 0.25) is 0 Å². The highest BCUT2D eigenvalue weighted by Crippen LogP contribution is 2.39. The molecule has 0 radical (unpaired) electrons. The summed E-state index contributed by atoms with van der Waals surface area (Å²) in [7, 11) is 0. The van der Waals surface area contributed by atoms with Crippen LogP contribution in [0.3, 0.4) is 0 Å². The van der Waals surface area contributed by atoms with Crippen molar-refractivity contribution in [1.82, 2.24) is 10.2 Å². The van der Waals surface area contributed by atoms with Gasteiger partial charge in [-0.15, -0.1) is 0 Å². The second-order valence-corrected chi connectivity index (χ2v) is 11.4. The summed E-state index contributed by atoms with van der Waals surface area (Å²) in [4.78, 5) is 14.5. The van der Waals surface area contributed by atoms with E-state index in [-0.39, 0.29) is 25.4 Å². The maximum atomic E-state index is 12.0. The van der Waals surface area contributed by atoms with Crippen molar-refractivity contribution < 1.29 is 24.1 Å². The van der Waals surface area contributed by atoms with Crippen molar-refractivity contribution in [2.24, 2.45) is 0 Å². The highest BCUT2D eigenvalue weighted by molar-refractivity contribution is 5.70. The van der Waals surface area contributed by atoms with Crippen LogP contribution < -0.4 is 5.32 Å². The molecule has 2 saturated heterocycles. The van der Waals surface area contributed by atoms with E-state index in [0.29, 0.717) is 6.54 Å². The summed E-state index contributed by atoms with van der Waals surface area (Å²) in [6, 6.07) is 24.4. The number of aliphatic hydroxyl groups excluding tert-OH is 1. The predicted molar refractivity (Wildman–Crippen MR) is 168 cm³/mol. The van der Waals surface area contributed by atoms with Crippen molar-refractivity contribution >= 4 is 6.09 Å². The SMILES string of the molecule is C=CCOC(=O)NCc1ccccc1-c1ccc([C@H]2O[C@@H](CN3CCCCCCC3)C[C@@H](c3ccc(CO)cc3)O2)cc1. The lowest BCUT2D eigenvalue weighted by Crippen LogP contribution is -2.40. The van der Waals surface area contributed by atoms with Gasteiger partial charge in [-0.05, 0) is 53.7 Å². The molecule has 3 aromatic rings. The molecule has 43 heavy (non-hydrogen) atoms. The minimum Gasteiger partial charge on any atom is -0.445 e. The van der Waals surface area contributed by atoms with Crippen LogP contribution in [-0.4, -0.2) is 48.4 Å². The van der Waals surface area contributed by atoms with Crippen LogP contribution in [-0.2, 0) is 27.4 Å². The van der Waals surface area contributed by atoms with Crippen molar-refractivity contribution in [1.29, 1.82) is 0 Å². The third-order valence-corrected chi connectivity index (χ3v) is 8.29. The molecule has 2 fully saturated rings. The van der Waals surface area contributed by atoms with Gasteiger partial charge in [0.25, 0.3) is 0 Å². The third-order valence-electron chi connectivity index (χ3n) is 8.29. The number of hydrogen-bond acceptors (Lipinski definition) is 6. The maximum Gasteiger partial charge on any atom is 0.407 e. The first-order valence-electron chi connectivity index (χ1n) is 15.6. The number of nitrogens with zero attached hydrogens (tertiary/aromatic N) is 1. The number of amides is 1. The Labute approximate surface area is 255 Å². The van der Waals surface area contributed by atoms with E-state index in [9.17, 15) is 9.90 Å². The van der Waals surface area contributed by atoms with Gasteiger partial charge in [-0.3, -0.25) is 0 Å².